The van der Waals surface area contributed by atoms with Crippen LogP contribution in [0.5, 0.6) is 5.75 Å². The number of rotatable bonds is 6. The van der Waals surface area contributed by atoms with E-state index in [9.17, 15) is 15.0 Å². The summed E-state index contributed by atoms with van der Waals surface area (Å²) in [5.74, 6) is -0.0371. The standard InChI is InChI=1S/C18H27NO4/c1-4-7-18(17(21)22)8-9-19(12-16(18)20)11-14-5-6-15(23-3)10-13(14)2/h5-6,10,16,20H,4,7-9,11-12H2,1-3H3,(H,21,22)/t16-,18-/m0/s1. The molecule has 0 radical (unpaired) electrons. The molecule has 0 spiro atoms. The number of ether oxygens (including phenoxy) is 1. The van der Waals surface area contributed by atoms with Crippen molar-refractivity contribution < 1.29 is 19.7 Å². The lowest BCUT2D eigenvalue weighted by atomic mass is 9.72. The summed E-state index contributed by atoms with van der Waals surface area (Å²) in [6.45, 7) is 5.81. The first-order valence-corrected chi connectivity index (χ1v) is 8.20. The van der Waals surface area contributed by atoms with Crippen molar-refractivity contribution in [2.45, 2.75) is 45.8 Å². The van der Waals surface area contributed by atoms with E-state index >= 15 is 0 Å². The van der Waals surface area contributed by atoms with Crippen LogP contribution in [-0.2, 0) is 11.3 Å². The van der Waals surface area contributed by atoms with Gasteiger partial charge in [-0.1, -0.05) is 19.4 Å². The van der Waals surface area contributed by atoms with E-state index in [0.29, 0.717) is 32.5 Å². The molecule has 1 saturated heterocycles. The number of aliphatic hydroxyl groups excluding tert-OH is 1. The van der Waals surface area contributed by atoms with Gasteiger partial charge in [-0.2, -0.15) is 0 Å². The molecule has 1 aliphatic heterocycles. The maximum Gasteiger partial charge on any atom is 0.312 e. The number of hydrogen-bond donors (Lipinski definition) is 2. The van der Waals surface area contributed by atoms with Crippen molar-refractivity contribution in [2.24, 2.45) is 5.41 Å². The normalized spacial score (nSPS) is 25.3. The second-order valence-corrected chi connectivity index (χ2v) is 6.50. The minimum Gasteiger partial charge on any atom is -0.497 e. The minimum absolute atomic E-state index is 0.401. The molecule has 1 fully saturated rings. The number of carbonyl (C=O) groups is 1. The van der Waals surface area contributed by atoms with Crippen LogP contribution in [0.1, 0.15) is 37.3 Å². The summed E-state index contributed by atoms with van der Waals surface area (Å²) in [7, 11) is 1.65. The van der Waals surface area contributed by atoms with Gasteiger partial charge in [-0.15, -0.1) is 0 Å². The number of aliphatic hydroxyl groups is 1. The van der Waals surface area contributed by atoms with Crippen molar-refractivity contribution >= 4 is 5.97 Å². The predicted octanol–water partition coefficient (Wildman–Crippen LogP) is 2.44. The van der Waals surface area contributed by atoms with Crippen molar-refractivity contribution in [2.75, 3.05) is 20.2 Å². The first kappa shape index (κ1) is 17.8. The molecule has 1 aromatic rings. The second-order valence-electron chi connectivity index (χ2n) is 6.50. The van der Waals surface area contributed by atoms with Crippen molar-refractivity contribution in [1.29, 1.82) is 0 Å². The van der Waals surface area contributed by atoms with Crippen molar-refractivity contribution in [3.8, 4) is 5.75 Å². The number of aryl methyl sites for hydroxylation is 1. The van der Waals surface area contributed by atoms with Gasteiger partial charge < -0.3 is 14.9 Å². The van der Waals surface area contributed by atoms with Gasteiger partial charge in [-0.25, -0.2) is 0 Å². The Morgan fingerprint density at radius 2 is 2.22 bits per heavy atom. The van der Waals surface area contributed by atoms with Gasteiger partial charge in [0.25, 0.3) is 0 Å². The SMILES string of the molecule is CCC[C@]1(C(=O)O)CCN(Cc2ccc(OC)cc2C)C[C@@H]1O. The Morgan fingerprint density at radius 1 is 1.48 bits per heavy atom. The zero-order chi connectivity index (χ0) is 17.0. The van der Waals surface area contributed by atoms with Crippen LogP contribution >= 0.6 is 0 Å². The first-order valence-electron chi connectivity index (χ1n) is 8.20. The fourth-order valence-corrected chi connectivity index (χ4v) is 3.49. The minimum atomic E-state index is -0.986. The number of piperidine rings is 1. The number of carboxylic acids is 1. The summed E-state index contributed by atoms with van der Waals surface area (Å²) >= 11 is 0. The predicted molar refractivity (Wildman–Crippen MR) is 88.6 cm³/mol. The molecular weight excluding hydrogens is 294 g/mol. The number of carboxylic acid groups (broad SMARTS) is 1. The molecule has 1 aromatic carbocycles. The highest BCUT2D eigenvalue weighted by Crippen LogP contribution is 2.37. The van der Waals surface area contributed by atoms with Crippen LogP contribution in [0.2, 0.25) is 0 Å². The number of methoxy groups -OCH3 is 1. The van der Waals surface area contributed by atoms with Crippen molar-refractivity contribution in [3.05, 3.63) is 29.3 Å². The number of hydrogen-bond acceptors (Lipinski definition) is 4. The van der Waals surface area contributed by atoms with E-state index < -0.39 is 17.5 Å². The molecule has 2 atom stereocenters. The molecule has 0 bridgehead atoms. The molecule has 0 unspecified atom stereocenters. The maximum absolute atomic E-state index is 11.7. The largest absolute Gasteiger partial charge is 0.497 e. The number of nitrogens with zero attached hydrogens (tertiary/aromatic N) is 1. The molecule has 2 rings (SSSR count). The summed E-state index contributed by atoms with van der Waals surface area (Å²) < 4.78 is 5.22. The lowest BCUT2D eigenvalue weighted by Gasteiger charge is -2.43. The van der Waals surface area contributed by atoms with Gasteiger partial charge in [0.1, 0.15) is 5.75 Å². The topological polar surface area (TPSA) is 70.0 Å². The van der Waals surface area contributed by atoms with Crippen LogP contribution < -0.4 is 4.74 Å². The summed E-state index contributed by atoms with van der Waals surface area (Å²) in [5.41, 5.74) is 1.33. The van der Waals surface area contributed by atoms with Gasteiger partial charge in [0.2, 0.25) is 0 Å². The highest BCUT2D eigenvalue weighted by atomic mass is 16.5. The van der Waals surface area contributed by atoms with E-state index in [1.54, 1.807) is 7.11 Å². The lowest BCUT2D eigenvalue weighted by molar-refractivity contribution is -0.164. The monoisotopic (exact) mass is 321 g/mol. The average molecular weight is 321 g/mol. The summed E-state index contributed by atoms with van der Waals surface area (Å²) in [6, 6.07) is 5.96. The highest BCUT2D eigenvalue weighted by Gasteiger charge is 2.47. The zero-order valence-corrected chi connectivity index (χ0v) is 14.2. The van der Waals surface area contributed by atoms with Crippen LogP contribution in [0.25, 0.3) is 0 Å². The van der Waals surface area contributed by atoms with Gasteiger partial charge in [0.05, 0.1) is 18.6 Å². The van der Waals surface area contributed by atoms with E-state index in [4.69, 9.17) is 4.74 Å². The molecule has 0 amide bonds. The molecule has 1 aliphatic rings. The molecule has 5 heteroatoms. The summed E-state index contributed by atoms with van der Waals surface area (Å²) in [4.78, 5) is 13.8. The third-order valence-electron chi connectivity index (χ3n) is 5.01. The molecule has 1 heterocycles. The first-order chi connectivity index (χ1) is 10.9. The highest BCUT2D eigenvalue weighted by molar-refractivity contribution is 5.75. The van der Waals surface area contributed by atoms with E-state index in [-0.39, 0.29) is 0 Å². The third-order valence-corrected chi connectivity index (χ3v) is 5.01. The second kappa shape index (κ2) is 7.32. The van der Waals surface area contributed by atoms with E-state index in [1.165, 1.54) is 5.56 Å². The van der Waals surface area contributed by atoms with E-state index in [0.717, 1.165) is 17.7 Å². The zero-order valence-electron chi connectivity index (χ0n) is 14.2. The Labute approximate surface area is 137 Å². The molecule has 5 nitrogen and oxygen atoms in total. The fourth-order valence-electron chi connectivity index (χ4n) is 3.49. The molecule has 128 valence electrons. The molecule has 2 N–H and O–H groups in total. The Morgan fingerprint density at radius 3 is 2.74 bits per heavy atom. The van der Waals surface area contributed by atoms with Crippen LogP contribution in [0.15, 0.2) is 18.2 Å². The molecule has 0 aromatic heterocycles. The fraction of sp³-hybridized carbons (Fsp3) is 0.611. The Kier molecular flexibility index (Phi) is 5.65. The molecule has 23 heavy (non-hydrogen) atoms. The quantitative estimate of drug-likeness (QED) is 0.842. The van der Waals surface area contributed by atoms with Crippen LogP contribution in [0.3, 0.4) is 0 Å². The molecule has 0 aliphatic carbocycles. The average Bonchev–Trinajstić information content (AvgIpc) is 2.52. The van der Waals surface area contributed by atoms with Gasteiger partial charge >= 0.3 is 5.97 Å². The number of β-amino-alcohol motifs (C(OH)–C–C–N with tert-alkyl or cyclic N) is 1. The Hall–Kier alpha value is -1.59. The molecule has 0 saturated carbocycles. The van der Waals surface area contributed by atoms with E-state index in [1.807, 2.05) is 32.0 Å². The third kappa shape index (κ3) is 3.67. The maximum atomic E-state index is 11.7. The van der Waals surface area contributed by atoms with Gasteiger partial charge in [-0.3, -0.25) is 9.69 Å². The number of aliphatic carboxylic acids is 1. The van der Waals surface area contributed by atoms with Crippen molar-refractivity contribution in [3.63, 3.8) is 0 Å². The van der Waals surface area contributed by atoms with Gasteiger partial charge in [0.15, 0.2) is 0 Å². The van der Waals surface area contributed by atoms with Crippen LogP contribution in [0, 0.1) is 12.3 Å². The summed E-state index contributed by atoms with van der Waals surface area (Å²) in [6.07, 6.45) is 0.958. The molecular formula is C18H27NO4. The Bertz CT molecular complexity index is 560. The Balaban J connectivity index is 2.07. The van der Waals surface area contributed by atoms with Gasteiger partial charge in [0, 0.05) is 13.1 Å². The van der Waals surface area contributed by atoms with Crippen LogP contribution in [-0.4, -0.2) is 47.4 Å². The van der Waals surface area contributed by atoms with Crippen molar-refractivity contribution in [1.82, 2.24) is 4.90 Å². The lowest BCUT2D eigenvalue weighted by Crippen LogP contribution is -2.54. The summed E-state index contributed by atoms with van der Waals surface area (Å²) in [5, 5.41) is 20.1. The number of benzene rings is 1. The van der Waals surface area contributed by atoms with Crippen LogP contribution in [0.4, 0.5) is 0 Å². The van der Waals surface area contributed by atoms with Gasteiger partial charge in [-0.05, 0) is 49.6 Å². The van der Waals surface area contributed by atoms with E-state index in [2.05, 4.69) is 4.90 Å². The number of likely N-dealkylation sites (tertiary alicyclic amines) is 1. The smallest absolute Gasteiger partial charge is 0.312 e.